The van der Waals surface area contributed by atoms with Crippen molar-refractivity contribution in [3.63, 3.8) is 0 Å². The standard InChI is InChI=1S/C13H10ClNO4/c14-9-4-10-7(3-11(9)16)12(17)8(13(18)19)5-15(10)6-1-2-6/h3-6,16H,1-2H2,(H,18,19). The molecule has 1 aromatic heterocycles. The van der Waals surface area contributed by atoms with Crippen molar-refractivity contribution in [2.75, 3.05) is 0 Å². The Hall–Kier alpha value is -2.01. The molecular formula is C13H10ClNO4. The zero-order valence-electron chi connectivity index (χ0n) is 9.76. The maximum Gasteiger partial charge on any atom is 0.341 e. The summed E-state index contributed by atoms with van der Waals surface area (Å²) in [5.41, 5.74) is -0.340. The second-order valence-corrected chi connectivity index (χ2v) is 5.04. The Balaban J connectivity index is 2.45. The highest BCUT2D eigenvalue weighted by Gasteiger charge is 2.27. The zero-order chi connectivity index (χ0) is 13.7. The molecule has 1 heterocycles. The molecule has 0 spiro atoms. The first-order chi connectivity index (χ1) is 8.99. The van der Waals surface area contributed by atoms with E-state index in [1.165, 1.54) is 18.3 Å². The molecular weight excluding hydrogens is 270 g/mol. The number of aromatic carboxylic acids is 1. The Kier molecular flexibility index (Phi) is 2.53. The van der Waals surface area contributed by atoms with Crippen LogP contribution in [0.5, 0.6) is 5.75 Å². The van der Waals surface area contributed by atoms with Crippen molar-refractivity contribution < 1.29 is 15.0 Å². The Bertz CT molecular complexity index is 761. The lowest BCUT2D eigenvalue weighted by Gasteiger charge is -2.12. The molecule has 0 atom stereocenters. The van der Waals surface area contributed by atoms with Gasteiger partial charge in [0.25, 0.3) is 0 Å². The van der Waals surface area contributed by atoms with Crippen LogP contribution in [0.25, 0.3) is 10.9 Å². The third-order valence-electron chi connectivity index (χ3n) is 3.27. The van der Waals surface area contributed by atoms with Crippen molar-refractivity contribution in [2.45, 2.75) is 18.9 Å². The van der Waals surface area contributed by atoms with Crippen LogP contribution in [0.4, 0.5) is 0 Å². The Morgan fingerprint density at radius 3 is 2.63 bits per heavy atom. The van der Waals surface area contributed by atoms with Gasteiger partial charge in [-0.1, -0.05) is 11.6 Å². The fourth-order valence-electron chi connectivity index (χ4n) is 2.17. The molecule has 98 valence electrons. The van der Waals surface area contributed by atoms with Crippen LogP contribution in [0, 0.1) is 0 Å². The van der Waals surface area contributed by atoms with Crippen LogP contribution in [0.15, 0.2) is 23.1 Å². The number of hydrogen-bond donors (Lipinski definition) is 2. The molecule has 5 nitrogen and oxygen atoms in total. The van der Waals surface area contributed by atoms with E-state index in [0.717, 1.165) is 12.8 Å². The molecule has 1 aromatic carbocycles. The maximum absolute atomic E-state index is 12.1. The number of carbonyl (C=O) groups is 1. The molecule has 0 unspecified atom stereocenters. The first-order valence-corrected chi connectivity index (χ1v) is 6.17. The average molecular weight is 280 g/mol. The fraction of sp³-hybridized carbons (Fsp3) is 0.231. The van der Waals surface area contributed by atoms with Gasteiger partial charge in [0, 0.05) is 12.2 Å². The van der Waals surface area contributed by atoms with E-state index in [0.29, 0.717) is 5.52 Å². The van der Waals surface area contributed by atoms with E-state index in [2.05, 4.69) is 0 Å². The third-order valence-corrected chi connectivity index (χ3v) is 3.57. The van der Waals surface area contributed by atoms with E-state index in [9.17, 15) is 14.7 Å². The summed E-state index contributed by atoms with van der Waals surface area (Å²) < 4.78 is 1.76. The number of phenols is 1. The third kappa shape index (κ3) is 1.86. The highest BCUT2D eigenvalue weighted by Crippen LogP contribution is 2.38. The average Bonchev–Trinajstić information content (AvgIpc) is 3.16. The first-order valence-electron chi connectivity index (χ1n) is 5.79. The van der Waals surface area contributed by atoms with E-state index < -0.39 is 11.4 Å². The normalized spacial score (nSPS) is 14.8. The van der Waals surface area contributed by atoms with E-state index in [1.807, 2.05) is 0 Å². The van der Waals surface area contributed by atoms with Crippen LogP contribution in [-0.4, -0.2) is 20.7 Å². The summed E-state index contributed by atoms with van der Waals surface area (Å²) in [6.45, 7) is 0. The summed E-state index contributed by atoms with van der Waals surface area (Å²) in [7, 11) is 0. The number of phenolic OH excluding ortho intramolecular Hbond substituents is 1. The van der Waals surface area contributed by atoms with E-state index in [4.69, 9.17) is 16.7 Å². The van der Waals surface area contributed by atoms with E-state index in [1.54, 1.807) is 4.57 Å². The van der Waals surface area contributed by atoms with Gasteiger partial charge in [-0.3, -0.25) is 4.79 Å². The molecule has 1 aliphatic rings. The minimum atomic E-state index is -1.27. The largest absolute Gasteiger partial charge is 0.506 e. The molecule has 0 aliphatic heterocycles. The van der Waals surface area contributed by atoms with Crippen LogP contribution in [-0.2, 0) is 0 Å². The quantitative estimate of drug-likeness (QED) is 0.884. The Morgan fingerprint density at radius 2 is 2.05 bits per heavy atom. The second kappa shape index (κ2) is 3.99. The number of benzene rings is 1. The predicted molar refractivity (Wildman–Crippen MR) is 70.1 cm³/mol. The first kappa shape index (κ1) is 12.0. The summed E-state index contributed by atoms with van der Waals surface area (Å²) in [6, 6.07) is 2.92. The van der Waals surface area contributed by atoms with Crippen molar-refractivity contribution in [1.29, 1.82) is 0 Å². The minimum Gasteiger partial charge on any atom is -0.506 e. The summed E-state index contributed by atoms with van der Waals surface area (Å²) >= 11 is 5.86. The van der Waals surface area contributed by atoms with Gasteiger partial charge < -0.3 is 14.8 Å². The van der Waals surface area contributed by atoms with Crippen molar-refractivity contribution >= 4 is 28.5 Å². The molecule has 2 N–H and O–H groups in total. The zero-order valence-corrected chi connectivity index (χ0v) is 10.5. The van der Waals surface area contributed by atoms with Crippen molar-refractivity contribution in [2.24, 2.45) is 0 Å². The van der Waals surface area contributed by atoms with Crippen LogP contribution in [0.2, 0.25) is 5.02 Å². The number of halogens is 1. The Labute approximate surface area is 112 Å². The van der Waals surface area contributed by atoms with Gasteiger partial charge >= 0.3 is 5.97 Å². The molecule has 0 saturated heterocycles. The molecule has 19 heavy (non-hydrogen) atoms. The molecule has 0 radical (unpaired) electrons. The molecule has 1 fully saturated rings. The SMILES string of the molecule is O=C(O)c1cn(C2CC2)c2cc(Cl)c(O)cc2c1=O. The Morgan fingerprint density at radius 1 is 1.37 bits per heavy atom. The molecule has 3 rings (SSSR count). The van der Waals surface area contributed by atoms with Gasteiger partial charge in [0.15, 0.2) is 0 Å². The van der Waals surface area contributed by atoms with Gasteiger partial charge in [0.1, 0.15) is 11.3 Å². The minimum absolute atomic E-state index is 0.143. The number of aromatic hydroxyl groups is 1. The highest BCUT2D eigenvalue weighted by atomic mass is 35.5. The molecule has 1 aliphatic carbocycles. The van der Waals surface area contributed by atoms with Crippen molar-refractivity contribution in [3.05, 3.63) is 39.1 Å². The van der Waals surface area contributed by atoms with Gasteiger partial charge in [0.05, 0.1) is 15.9 Å². The van der Waals surface area contributed by atoms with Gasteiger partial charge in [-0.15, -0.1) is 0 Å². The number of fused-ring (bicyclic) bond motifs is 1. The van der Waals surface area contributed by atoms with E-state index >= 15 is 0 Å². The molecule has 1 saturated carbocycles. The fourth-order valence-corrected chi connectivity index (χ4v) is 2.32. The lowest BCUT2D eigenvalue weighted by molar-refractivity contribution is 0.0695. The lowest BCUT2D eigenvalue weighted by Crippen LogP contribution is -2.18. The van der Waals surface area contributed by atoms with E-state index in [-0.39, 0.29) is 27.8 Å². The summed E-state index contributed by atoms with van der Waals surface area (Å²) in [5.74, 6) is -1.49. The number of carboxylic acids is 1. The monoisotopic (exact) mass is 279 g/mol. The lowest BCUT2D eigenvalue weighted by atomic mass is 10.1. The van der Waals surface area contributed by atoms with Gasteiger partial charge in [-0.25, -0.2) is 4.79 Å². The summed E-state index contributed by atoms with van der Waals surface area (Å²) in [4.78, 5) is 23.2. The number of carboxylic acid groups (broad SMARTS) is 1. The van der Waals surface area contributed by atoms with Gasteiger partial charge in [-0.05, 0) is 25.0 Å². The number of aromatic nitrogens is 1. The van der Waals surface area contributed by atoms with Crippen LogP contribution >= 0.6 is 11.6 Å². The highest BCUT2D eigenvalue weighted by molar-refractivity contribution is 6.32. The van der Waals surface area contributed by atoms with Gasteiger partial charge in [-0.2, -0.15) is 0 Å². The van der Waals surface area contributed by atoms with Crippen LogP contribution in [0.1, 0.15) is 29.2 Å². The topological polar surface area (TPSA) is 79.5 Å². The molecule has 0 amide bonds. The smallest absolute Gasteiger partial charge is 0.341 e. The molecule has 6 heteroatoms. The van der Waals surface area contributed by atoms with Crippen LogP contribution in [0.3, 0.4) is 0 Å². The predicted octanol–water partition coefficient (Wildman–Crippen LogP) is 2.39. The maximum atomic E-state index is 12.1. The molecule has 0 bridgehead atoms. The molecule has 2 aromatic rings. The number of pyridine rings is 1. The summed E-state index contributed by atoms with van der Waals surface area (Å²) in [5, 5.41) is 19.0. The number of nitrogens with zero attached hydrogens (tertiary/aromatic N) is 1. The van der Waals surface area contributed by atoms with Crippen LogP contribution < -0.4 is 5.43 Å². The number of rotatable bonds is 2. The van der Waals surface area contributed by atoms with Crippen molar-refractivity contribution in [1.82, 2.24) is 4.57 Å². The number of hydrogen-bond acceptors (Lipinski definition) is 3. The van der Waals surface area contributed by atoms with Crippen molar-refractivity contribution in [3.8, 4) is 5.75 Å². The second-order valence-electron chi connectivity index (χ2n) is 4.64. The van der Waals surface area contributed by atoms with Gasteiger partial charge in [0.2, 0.25) is 5.43 Å². The summed E-state index contributed by atoms with van der Waals surface area (Å²) in [6.07, 6.45) is 3.24.